The highest BCUT2D eigenvalue weighted by molar-refractivity contribution is 14.1. The van der Waals surface area contributed by atoms with E-state index in [1.165, 1.54) is 0 Å². The average molecular weight is 236 g/mol. The molecule has 0 fully saturated rings. The maximum absolute atomic E-state index is 5.09. The van der Waals surface area contributed by atoms with Crippen molar-refractivity contribution < 1.29 is 0 Å². The predicted molar refractivity (Wildman–Crippen MR) is 42.6 cm³/mol. The maximum atomic E-state index is 5.09. The number of hydrazine groups is 1. The minimum Gasteiger partial charge on any atom is -0.306 e. The standard InChI is InChI=1S/C4H5IN4/c5-3-4(9-6)8-2-1-7-3/h1-2H,6H2,(H,8,9). The summed E-state index contributed by atoms with van der Waals surface area (Å²) in [7, 11) is 0. The summed E-state index contributed by atoms with van der Waals surface area (Å²) in [6, 6.07) is 0. The van der Waals surface area contributed by atoms with Crippen LogP contribution in [0.5, 0.6) is 0 Å². The van der Waals surface area contributed by atoms with Crippen molar-refractivity contribution in [1.82, 2.24) is 9.97 Å². The van der Waals surface area contributed by atoms with E-state index in [4.69, 9.17) is 5.84 Å². The van der Waals surface area contributed by atoms with Gasteiger partial charge in [-0.25, -0.2) is 15.8 Å². The maximum Gasteiger partial charge on any atom is 0.172 e. The zero-order valence-electron chi connectivity index (χ0n) is 4.50. The highest BCUT2D eigenvalue weighted by Crippen LogP contribution is 2.07. The van der Waals surface area contributed by atoms with Crippen molar-refractivity contribution in [1.29, 1.82) is 0 Å². The van der Waals surface area contributed by atoms with Gasteiger partial charge in [-0.15, -0.1) is 0 Å². The fourth-order valence-corrected chi connectivity index (χ4v) is 0.874. The van der Waals surface area contributed by atoms with Crippen LogP contribution in [0, 0.1) is 3.70 Å². The third-order valence-electron chi connectivity index (χ3n) is 0.790. The molecule has 0 aromatic carbocycles. The molecule has 0 amide bonds. The minimum absolute atomic E-state index is 0.609. The van der Waals surface area contributed by atoms with Gasteiger partial charge in [0.15, 0.2) is 5.82 Å². The van der Waals surface area contributed by atoms with E-state index in [1.54, 1.807) is 12.4 Å². The first-order valence-corrected chi connectivity index (χ1v) is 3.35. The third kappa shape index (κ3) is 1.49. The number of nitrogens with one attached hydrogen (secondary N) is 1. The molecule has 0 spiro atoms. The zero-order chi connectivity index (χ0) is 6.69. The Morgan fingerprint density at radius 1 is 1.44 bits per heavy atom. The van der Waals surface area contributed by atoms with Crippen LogP contribution in [0.4, 0.5) is 5.82 Å². The van der Waals surface area contributed by atoms with Gasteiger partial charge in [0.1, 0.15) is 3.70 Å². The summed E-state index contributed by atoms with van der Waals surface area (Å²) in [6.07, 6.45) is 3.19. The molecular formula is C4H5IN4. The van der Waals surface area contributed by atoms with Gasteiger partial charge in [-0.05, 0) is 22.6 Å². The first-order valence-electron chi connectivity index (χ1n) is 2.27. The molecule has 0 saturated carbocycles. The molecule has 0 saturated heterocycles. The van der Waals surface area contributed by atoms with Crippen LogP contribution in [0.2, 0.25) is 0 Å². The number of rotatable bonds is 1. The smallest absolute Gasteiger partial charge is 0.172 e. The summed E-state index contributed by atoms with van der Waals surface area (Å²) in [5, 5.41) is 0. The average Bonchev–Trinajstić information content (AvgIpc) is 1.89. The lowest BCUT2D eigenvalue weighted by Gasteiger charge is -1.97. The Morgan fingerprint density at radius 2 is 2.11 bits per heavy atom. The number of hydrogen-bond acceptors (Lipinski definition) is 4. The van der Waals surface area contributed by atoms with E-state index in [-0.39, 0.29) is 0 Å². The van der Waals surface area contributed by atoms with E-state index >= 15 is 0 Å². The van der Waals surface area contributed by atoms with E-state index in [0.717, 1.165) is 3.70 Å². The first kappa shape index (κ1) is 6.69. The molecule has 0 bridgehead atoms. The fraction of sp³-hybridized carbons (Fsp3) is 0. The summed E-state index contributed by atoms with van der Waals surface area (Å²) in [5.74, 6) is 5.70. The van der Waals surface area contributed by atoms with Crippen molar-refractivity contribution in [2.75, 3.05) is 5.43 Å². The molecule has 3 N–H and O–H groups in total. The van der Waals surface area contributed by atoms with E-state index in [1.807, 2.05) is 22.6 Å². The van der Waals surface area contributed by atoms with E-state index < -0.39 is 0 Å². The Labute approximate surface area is 66.0 Å². The van der Waals surface area contributed by atoms with Crippen molar-refractivity contribution >= 4 is 28.4 Å². The van der Waals surface area contributed by atoms with Crippen LogP contribution in [-0.4, -0.2) is 9.97 Å². The molecule has 0 unspecified atom stereocenters. The molecule has 1 aromatic rings. The van der Waals surface area contributed by atoms with Gasteiger partial charge in [0, 0.05) is 12.4 Å². The second-order valence-corrected chi connectivity index (χ2v) is 2.36. The van der Waals surface area contributed by atoms with Crippen LogP contribution in [0.25, 0.3) is 0 Å². The molecular weight excluding hydrogens is 231 g/mol. The number of nitrogens with zero attached hydrogens (tertiary/aromatic N) is 2. The van der Waals surface area contributed by atoms with Crippen LogP contribution < -0.4 is 11.3 Å². The van der Waals surface area contributed by atoms with Gasteiger partial charge in [0.25, 0.3) is 0 Å². The Hall–Kier alpha value is -0.430. The number of aromatic nitrogens is 2. The molecule has 5 heteroatoms. The number of anilines is 1. The van der Waals surface area contributed by atoms with Gasteiger partial charge >= 0.3 is 0 Å². The Kier molecular flexibility index (Phi) is 2.17. The third-order valence-corrected chi connectivity index (χ3v) is 1.58. The molecule has 1 heterocycles. The Balaban J connectivity index is 3.01. The quantitative estimate of drug-likeness (QED) is 0.420. The summed E-state index contributed by atoms with van der Waals surface area (Å²) < 4.78 is 0.776. The van der Waals surface area contributed by atoms with Gasteiger partial charge in [0.2, 0.25) is 0 Å². The fourth-order valence-electron chi connectivity index (χ4n) is 0.418. The number of nitrogens with two attached hydrogens (primary N) is 1. The molecule has 0 radical (unpaired) electrons. The van der Waals surface area contributed by atoms with Gasteiger partial charge in [-0.3, -0.25) is 0 Å². The molecule has 0 aliphatic heterocycles. The van der Waals surface area contributed by atoms with Gasteiger partial charge in [-0.1, -0.05) is 0 Å². The molecule has 0 aliphatic rings. The van der Waals surface area contributed by atoms with Crippen molar-refractivity contribution in [2.24, 2.45) is 5.84 Å². The molecule has 0 aliphatic carbocycles. The SMILES string of the molecule is NNc1nccnc1I. The van der Waals surface area contributed by atoms with Crippen LogP contribution in [0.15, 0.2) is 12.4 Å². The molecule has 9 heavy (non-hydrogen) atoms. The summed E-state index contributed by atoms with van der Waals surface area (Å²) >= 11 is 2.04. The Bertz CT molecular complexity index is 202. The first-order chi connectivity index (χ1) is 4.34. The van der Waals surface area contributed by atoms with E-state index in [9.17, 15) is 0 Å². The lowest BCUT2D eigenvalue weighted by atomic mass is 10.7. The largest absolute Gasteiger partial charge is 0.306 e. The topological polar surface area (TPSA) is 63.8 Å². The number of hydrogen-bond donors (Lipinski definition) is 2. The Morgan fingerprint density at radius 3 is 2.56 bits per heavy atom. The van der Waals surface area contributed by atoms with Crippen molar-refractivity contribution in [2.45, 2.75) is 0 Å². The van der Waals surface area contributed by atoms with E-state index in [2.05, 4.69) is 15.4 Å². The highest BCUT2D eigenvalue weighted by Gasteiger charge is 1.94. The molecule has 4 nitrogen and oxygen atoms in total. The van der Waals surface area contributed by atoms with Gasteiger partial charge in [-0.2, -0.15) is 0 Å². The second-order valence-electron chi connectivity index (χ2n) is 1.34. The number of halogens is 1. The summed E-state index contributed by atoms with van der Waals surface area (Å²) in [4.78, 5) is 7.82. The van der Waals surface area contributed by atoms with Crippen molar-refractivity contribution in [3.63, 3.8) is 0 Å². The zero-order valence-corrected chi connectivity index (χ0v) is 6.66. The van der Waals surface area contributed by atoms with Crippen LogP contribution >= 0.6 is 22.6 Å². The lowest BCUT2D eigenvalue weighted by Crippen LogP contribution is -2.10. The second kappa shape index (κ2) is 2.92. The van der Waals surface area contributed by atoms with Crippen LogP contribution in [0.1, 0.15) is 0 Å². The molecule has 48 valence electrons. The monoisotopic (exact) mass is 236 g/mol. The minimum atomic E-state index is 0.609. The molecule has 1 rings (SSSR count). The van der Waals surface area contributed by atoms with Gasteiger partial charge < -0.3 is 5.43 Å². The van der Waals surface area contributed by atoms with Gasteiger partial charge in [0.05, 0.1) is 0 Å². The summed E-state index contributed by atoms with van der Waals surface area (Å²) in [6.45, 7) is 0. The molecule has 0 atom stereocenters. The van der Waals surface area contributed by atoms with Crippen molar-refractivity contribution in [3.05, 3.63) is 16.1 Å². The van der Waals surface area contributed by atoms with Crippen molar-refractivity contribution in [3.8, 4) is 0 Å². The lowest BCUT2D eigenvalue weighted by molar-refractivity contribution is 1.13. The highest BCUT2D eigenvalue weighted by atomic mass is 127. The summed E-state index contributed by atoms with van der Waals surface area (Å²) in [5.41, 5.74) is 2.41. The molecule has 1 aromatic heterocycles. The van der Waals surface area contributed by atoms with Crippen LogP contribution in [-0.2, 0) is 0 Å². The predicted octanol–water partition coefficient (Wildman–Crippen LogP) is 0.367. The number of nitrogen functional groups attached to an aromatic ring is 1. The van der Waals surface area contributed by atoms with E-state index in [0.29, 0.717) is 5.82 Å². The van der Waals surface area contributed by atoms with Crippen LogP contribution in [0.3, 0.4) is 0 Å². The normalized spacial score (nSPS) is 9.11.